The van der Waals surface area contributed by atoms with E-state index in [4.69, 9.17) is 0 Å². The summed E-state index contributed by atoms with van der Waals surface area (Å²) in [5, 5.41) is 10.9. The number of ketones is 1. The van der Waals surface area contributed by atoms with Crippen molar-refractivity contribution in [3.05, 3.63) is 58.1 Å². The average molecular weight is 341 g/mol. The van der Waals surface area contributed by atoms with E-state index >= 15 is 0 Å². The number of hydrogen-bond acceptors (Lipinski definition) is 3. The summed E-state index contributed by atoms with van der Waals surface area (Å²) < 4.78 is 0.874. The number of Topliss-reactive ketones (excluding diaryl/α,β-unsaturated/α-hetero) is 1. The van der Waals surface area contributed by atoms with E-state index in [2.05, 4.69) is 25.9 Å². The number of aliphatic imine (C=N–C) groups is 1. The van der Waals surface area contributed by atoms with Crippen LogP contribution in [0.2, 0.25) is 0 Å². The zero-order chi connectivity index (χ0) is 14.6. The van der Waals surface area contributed by atoms with Crippen LogP contribution in [0.3, 0.4) is 0 Å². The van der Waals surface area contributed by atoms with Crippen molar-refractivity contribution >= 4 is 44.0 Å². The van der Waals surface area contributed by atoms with Crippen molar-refractivity contribution in [2.24, 2.45) is 4.99 Å². The van der Waals surface area contributed by atoms with Crippen molar-refractivity contribution < 1.29 is 9.90 Å². The molecule has 0 unspecified atom stereocenters. The summed E-state index contributed by atoms with van der Waals surface area (Å²) in [7, 11) is 0. The smallest absolute Gasteiger partial charge is 0.214 e. The first kappa shape index (κ1) is 12.3. The molecule has 0 spiro atoms. The third kappa shape index (κ3) is 1.74. The van der Waals surface area contributed by atoms with Crippen LogP contribution < -0.4 is 0 Å². The molecule has 21 heavy (non-hydrogen) atoms. The lowest BCUT2D eigenvalue weighted by molar-refractivity contribution is 0.107. The second-order valence-corrected chi connectivity index (χ2v) is 5.76. The molecule has 1 aliphatic heterocycles. The molecular weight excluding hydrogens is 332 g/mol. The van der Waals surface area contributed by atoms with E-state index in [1.54, 1.807) is 18.2 Å². The van der Waals surface area contributed by atoms with Crippen LogP contribution in [0.4, 0.5) is 5.69 Å². The van der Waals surface area contributed by atoms with Crippen LogP contribution in [-0.2, 0) is 0 Å². The normalized spacial score (nSPS) is 13.6. The van der Waals surface area contributed by atoms with Crippen LogP contribution in [0.25, 0.3) is 10.9 Å². The Hall–Kier alpha value is -2.40. The van der Waals surface area contributed by atoms with Gasteiger partial charge in [-0.2, -0.15) is 0 Å². The maximum Gasteiger partial charge on any atom is 0.214 e. The van der Waals surface area contributed by atoms with E-state index in [0.717, 1.165) is 15.4 Å². The standard InChI is InChI=1S/C16H9BrN2O2/c17-8-5-6-12-10(7-8)13(16(21)19-12)14-15(20)9-3-1-2-4-11(9)18-14/h1-7,19,21H. The highest BCUT2D eigenvalue weighted by molar-refractivity contribution is 9.10. The number of rotatable bonds is 1. The predicted octanol–water partition coefficient (Wildman–Crippen LogP) is 3.95. The van der Waals surface area contributed by atoms with Gasteiger partial charge in [-0.15, -0.1) is 0 Å². The fourth-order valence-corrected chi connectivity index (χ4v) is 2.98. The monoisotopic (exact) mass is 340 g/mol. The number of nitrogens with zero attached hydrogens (tertiary/aromatic N) is 1. The molecule has 2 N–H and O–H groups in total. The fourth-order valence-electron chi connectivity index (χ4n) is 2.62. The molecule has 0 fully saturated rings. The Balaban J connectivity index is 1.99. The van der Waals surface area contributed by atoms with E-state index in [1.807, 2.05) is 24.3 Å². The average Bonchev–Trinajstić information content (AvgIpc) is 2.96. The second kappa shape index (κ2) is 4.30. The van der Waals surface area contributed by atoms with Crippen molar-refractivity contribution in [1.29, 1.82) is 0 Å². The third-order valence-electron chi connectivity index (χ3n) is 3.57. The molecule has 2 heterocycles. The lowest BCUT2D eigenvalue weighted by atomic mass is 10.0. The molecule has 0 aliphatic carbocycles. The molecule has 5 heteroatoms. The van der Waals surface area contributed by atoms with Gasteiger partial charge >= 0.3 is 0 Å². The minimum Gasteiger partial charge on any atom is -0.494 e. The zero-order valence-electron chi connectivity index (χ0n) is 10.7. The largest absolute Gasteiger partial charge is 0.494 e. The first-order valence-electron chi connectivity index (χ1n) is 6.38. The number of H-pyrrole nitrogens is 1. The van der Waals surface area contributed by atoms with Crippen molar-refractivity contribution in [3.8, 4) is 5.88 Å². The number of nitrogens with one attached hydrogen (secondary N) is 1. The van der Waals surface area contributed by atoms with Crippen LogP contribution in [0.15, 0.2) is 51.9 Å². The molecule has 4 rings (SSSR count). The molecule has 1 aromatic heterocycles. The Morgan fingerprint density at radius 1 is 1.14 bits per heavy atom. The number of fused-ring (bicyclic) bond motifs is 2. The minimum absolute atomic E-state index is 0.0389. The van der Waals surface area contributed by atoms with Gasteiger partial charge in [0, 0.05) is 20.9 Å². The molecule has 3 aromatic rings. The summed E-state index contributed by atoms with van der Waals surface area (Å²) in [5.74, 6) is -0.204. The van der Waals surface area contributed by atoms with E-state index in [-0.39, 0.29) is 17.4 Å². The Bertz CT molecular complexity index is 941. The van der Waals surface area contributed by atoms with Gasteiger partial charge in [0.05, 0.1) is 11.3 Å². The first-order chi connectivity index (χ1) is 10.1. The lowest BCUT2D eigenvalue weighted by Crippen LogP contribution is -2.10. The Morgan fingerprint density at radius 2 is 1.95 bits per heavy atom. The van der Waals surface area contributed by atoms with Crippen molar-refractivity contribution in [1.82, 2.24) is 4.98 Å². The molecular formula is C16H9BrN2O2. The van der Waals surface area contributed by atoms with Gasteiger partial charge in [0.2, 0.25) is 5.78 Å². The number of carbonyl (C=O) groups excluding carboxylic acids is 1. The Labute approximate surface area is 128 Å². The Kier molecular flexibility index (Phi) is 2.53. The number of aromatic nitrogens is 1. The molecule has 0 amide bonds. The topological polar surface area (TPSA) is 65.4 Å². The molecule has 102 valence electrons. The molecule has 0 atom stereocenters. The quantitative estimate of drug-likeness (QED) is 0.704. The van der Waals surface area contributed by atoms with Crippen LogP contribution in [0.1, 0.15) is 15.9 Å². The van der Waals surface area contributed by atoms with Crippen molar-refractivity contribution in [2.45, 2.75) is 0 Å². The van der Waals surface area contributed by atoms with Gasteiger partial charge in [0.15, 0.2) is 5.88 Å². The fraction of sp³-hybridized carbons (Fsp3) is 0. The van der Waals surface area contributed by atoms with Gasteiger partial charge in [-0.1, -0.05) is 28.1 Å². The zero-order valence-corrected chi connectivity index (χ0v) is 12.3. The number of hydrogen-bond donors (Lipinski definition) is 2. The predicted molar refractivity (Wildman–Crippen MR) is 84.6 cm³/mol. The van der Waals surface area contributed by atoms with Crippen molar-refractivity contribution in [2.75, 3.05) is 0 Å². The number of carbonyl (C=O) groups is 1. The summed E-state index contributed by atoms with van der Waals surface area (Å²) >= 11 is 3.41. The maximum atomic E-state index is 12.5. The van der Waals surface area contributed by atoms with E-state index in [9.17, 15) is 9.90 Å². The third-order valence-corrected chi connectivity index (χ3v) is 4.07. The second-order valence-electron chi connectivity index (χ2n) is 4.85. The number of benzene rings is 2. The molecule has 0 saturated heterocycles. The number of para-hydroxylation sites is 1. The lowest BCUT2D eigenvalue weighted by Gasteiger charge is -1.99. The van der Waals surface area contributed by atoms with Crippen LogP contribution in [0, 0.1) is 0 Å². The summed E-state index contributed by atoms with van der Waals surface area (Å²) in [6.07, 6.45) is 0. The van der Waals surface area contributed by atoms with Crippen LogP contribution >= 0.6 is 15.9 Å². The van der Waals surface area contributed by atoms with Crippen molar-refractivity contribution in [3.63, 3.8) is 0 Å². The highest BCUT2D eigenvalue weighted by Crippen LogP contribution is 2.35. The molecule has 0 saturated carbocycles. The van der Waals surface area contributed by atoms with Gasteiger partial charge < -0.3 is 10.1 Å². The minimum atomic E-state index is -0.165. The van der Waals surface area contributed by atoms with Gasteiger partial charge in [0.25, 0.3) is 0 Å². The van der Waals surface area contributed by atoms with Gasteiger partial charge in [-0.05, 0) is 30.3 Å². The highest BCUT2D eigenvalue weighted by Gasteiger charge is 2.29. The summed E-state index contributed by atoms with van der Waals surface area (Å²) in [6.45, 7) is 0. The number of aromatic hydroxyl groups is 1. The van der Waals surface area contributed by atoms with Crippen LogP contribution in [0.5, 0.6) is 5.88 Å². The Morgan fingerprint density at radius 3 is 2.76 bits per heavy atom. The molecule has 0 bridgehead atoms. The van der Waals surface area contributed by atoms with E-state index in [1.165, 1.54) is 0 Å². The molecule has 1 aliphatic rings. The number of halogens is 1. The van der Waals surface area contributed by atoms with Crippen LogP contribution in [-0.4, -0.2) is 21.6 Å². The molecule has 2 aromatic carbocycles. The summed E-state index contributed by atoms with van der Waals surface area (Å²) in [6, 6.07) is 12.8. The SMILES string of the molecule is O=C1C(c2c(O)[nH]c3ccc(Br)cc23)=Nc2ccccc21. The summed E-state index contributed by atoms with van der Waals surface area (Å²) in [4.78, 5) is 19.8. The number of aromatic amines is 1. The molecule has 0 radical (unpaired) electrons. The molecule has 4 nitrogen and oxygen atoms in total. The van der Waals surface area contributed by atoms with Gasteiger partial charge in [-0.3, -0.25) is 4.79 Å². The van der Waals surface area contributed by atoms with E-state index in [0.29, 0.717) is 16.8 Å². The first-order valence-corrected chi connectivity index (χ1v) is 7.17. The highest BCUT2D eigenvalue weighted by atomic mass is 79.9. The summed E-state index contributed by atoms with van der Waals surface area (Å²) in [5.41, 5.74) is 2.69. The van der Waals surface area contributed by atoms with Gasteiger partial charge in [-0.25, -0.2) is 4.99 Å². The van der Waals surface area contributed by atoms with E-state index < -0.39 is 0 Å². The van der Waals surface area contributed by atoms with Gasteiger partial charge in [0.1, 0.15) is 5.71 Å². The maximum absolute atomic E-state index is 12.5.